The molecule has 0 amide bonds. The number of benzene rings is 3. The second-order valence-electron chi connectivity index (χ2n) is 5.96. The fourth-order valence-corrected chi connectivity index (χ4v) is 2.78. The predicted molar refractivity (Wildman–Crippen MR) is 105 cm³/mol. The Hall–Kier alpha value is -4.06. The first-order valence-electron chi connectivity index (χ1n) is 8.36. The van der Waals surface area contributed by atoms with Gasteiger partial charge in [0.1, 0.15) is 5.56 Å². The normalized spacial score (nSPS) is 10.7. The smallest absolute Gasteiger partial charge is 0.335 e. The van der Waals surface area contributed by atoms with Crippen LogP contribution in [-0.4, -0.2) is 21.8 Å². The zero-order valence-corrected chi connectivity index (χ0v) is 14.6. The minimum Gasteiger partial charge on any atom is -0.478 e. The Morgan fingerprint density at radius 2 is 1.46 bits per heavy atom. The third-order valence-electron chi connectivity index (χ3n) is 4.11. The maximum atomic E-state index is 13.0. The first-order chi connectivity index (χ1) is 13.5. The van der Waals surface area contributed by atoms with Gasteiger partial charge in [0.2, 0.25) is 5.78 Å². The molecule has 0 aliphatic carbocycles. The highest BCUT2D eigenvalue weighted by Gasteiger charge is 2.26. The molecule has 3 rings (SSSR count). The van der Waals surface area contributed by atoms with Gasteiger partial charge in [0.25, 0.3) is 5.69 Å². The summed E-state index contributed by atoms with van der Waals surface area (Å²) in [4.78, 5) is 35.3. The highest BCUT2D eigenvalue weighted by atomic mass is 16.6. The van der Waals surface area contributed by atoms with E-state index >= 15 is 0 Å². The van der Waals surface area contributed by atoms with Gasteiger partial charge in [-0.25, -0.2) is 4.79 Å². The molecule has 0 radical (unpaired) electrons. The average molecular weight is 373 g/mol. The molecule has 6 nitrogen and oxygen atoms in total. The number of nitro benzene ring substituents is 1. The van der Waals surface area contributed by atoms with E-state index in [0.29, 0.717) is 0 Å². The number of carboxylic acids is 1. The Morgan fingerprint density at radius 3 is 2.04 bits per heavy atom. The lowest BCUT2D eigenvalue weighted by Crippen LogP contribution is -2.10. The van der Waals surface area contributed by atoms with Crippen molar-refractivity contribution < 1.29 is 19.6 Å². The van der Waals surface area contributed by atoms with E-state index in [9.17, 15) is 24.8 Å². The van der Waals surface area contributed by atoms with Crippen LogP contribution in [0.1, 0.15) is 37.4 Å². The topological polar surface area (TPSA) is 97.5 Å². The lowest BCUT2D eigenvalue weighted by atomic mass is 9.94. The van der Waals surface area contributed by atoms with Gasteiger partial charge in [0.15, 0.2) is 0 Å². The van der Waals surface area contributed by atoms with Crippen LogP contribution in [0.2, 0.25) is 0 Å². The van der Waals surface area contributed by atoms with E-state index in [4.69, 9.17) is 0 Å². The number of hydrogen-bond donors (Lipinski definition) is 1. The number of hydrogen-bond acceptors (Lipinski definition) is 4. The van der Waals surface area contributed by atoms with Gasteiger partial charge in [-0.3, -0.25) is 14.9 Å². The summed E-state index contributed by atoms with van der Waals surface area (Å²) in [5.41, 5.74) is 0.315. The van der Waals surface area contributed by atoms with Gasteiger partial charge in [-0.2, -0.15) is 0 Å². The maximum Gasteiger partial charge on any atom is 0.335 e. The molecular formula is C22H15NO5. The molecule has 0 fully saturated rings. The summed E-state index contributed by atoms with van der Waals surface area (Å²) in [6, 6.07) is 19.5. The quantitative estimate of drug-likeness (QED) is 0.292. The lowest BCUT2D eigenvalue weighted by Gasteiger charge is -2.09. The Labute approximate surface area is 160 Å². The molecule has 0 heterocycles. The van der Waals surface area contributed by atoms with Crippen molar-refractivity contribution in [3.63, 3.8) is 0 Å². The number of carbonyl (C=O) groups is 2. The van der Waals surface area contributed by atoms with Crippen molar-refractivity contribution >= 4 is 29.6 Å². The van der Waals surface area contributed by atoms with Gasteiger partial charge in [-0.05, 0) is 17.2 Å². The number of aromatic carboxylic acids is 1. The lowest BCUT2D eigenvalue weighted by molar-refractivity contribution is -0.385. The number of nitrogens with zero attached hydrogens (tertiary/aromatic N) is 1. The Morgan fingerprint density at radius 1 is 0.857 bits per heavy atom. The maximum absolute atomic E-state index is 13.0. The largest absolute Gasteiger partial charge is 0.478 e. The van der Waals surface area contributed by atoms with Crippen LogP contribution in [0, 0.1) is 10.1 Å². The van der Waals surface area contributed by atoms with Crippen LogP contribution in [0.15, 0.2) is 72.8 Å². The molecule has 3 aromatic carbocycles. The van der Waals surface area contributed by atoms with Gasteiger partial charge in [0, 0.05) is 11.6 Å². The number of rotatable bonds is 6. The van der Waals surface area contributed by atoms with E-state index in [-0.39, 0.29) is 22.3 Å². The fourth-order valence-electron chi connectivity index (χ4n) is 2.78. The van der Waals surface area contributed by atoms with Gasteiger partial charge < -0.3 is 5.11 Å². The van der Waals surface area contributed by atoms with Crippen molar-refractivity contribution in [1.82, 2.24) is 0 Å². The molecule has 0 aliphatic heterocycles. The Kier molecular flexibility index (Phi) is 5.41. The van der Waals surface area contributed by atoms with E-state index in [2.05, 4.69) is 0 Å². The van der Waals surface area contributed by atoms with Crippen LogP contribution in [0.3, 0.4) is 0 Å². The van der Waals surface area contributed by atoms with Crippen molar-refractivity contribution in [3.05, 3.63) is 111 Å². The Balaban J connectivity index is 2.22. The van der Waals surface area contributed by atoms with Crippen molar-refractivity contribution in [1.29, 1.82) is 0 Å². The fraction of sp³-hybridized carbons (Fsp3) is 0. The van der Waals surface area contributed by atoms with Crippen molar-refractivity contribution in [2.24, 2.45) is 0 Å². The highest BCUT2D eigenvalue weighted by Crippen LogP contribution is 2.29. The van der Waals surface area contributed by atoms with Crippen LogP contribution in [-0.2, 0) is 0 Å². The number of carbonyl (C=O) groups excluding carboxylic acids is 1. The summed E-state index contributed by atoms with van der Waals surface area (Å²) >= 11 is 0. The third-order valence-corrected chi connectivity index (χ3v) is 4.11. The summed E-state index contributed by atoms with van der Waals surface area (Å²) in [6.07, 6.45) is 3.19. The van der Waals surface area contributed by atoms with E-state index in [1.165, 1.54) is 12.1 Å². The molecule has 3 aromatic rings. The first kappa shape index (κ1) is 18.7. The molecule has 0 aromatic heterocycles. The minimum absolute atomic E-state index is 0.145. The third kappa shape index (κ3) is 4.02. The summed E-state index contributed by atoms with van der Waals surface area (Å²) in [5, 5.41) is 20.9. The molecule has 0 saturated carbocycles. The van der Waals surface area contributed by atoms with Crippen LogP contribution in [0.4, 0.5) is 5.69 Å². The monoisotopic (exact) mass is 373 g/mol. The van der Waals surface area contributed by atoms with Gasteiger partial charge in [-0.1, -0.05) is 72.8 Å². The molecule has 0 atom stereocenters. The van der Waals surface area contributed by atoms with Gasteiger partial charge in [-0.15, -0.1) is 0 Å². The minimum atomic E-state index is -1.31. The van der Waals surface area contributed by atoms with E-state index in [0.717, 1.165) is 11.6 Å². The molecule has 0 bridgehead atoms. The SMILES string of the molecule is O=C(O)c1cc(/C=C/c2ccccc2)c(C(=O)c2ccccc2)c([N+](=O)[O-])c1. The number of carboxylic acid groups (broad SMARTS) is 1. The highest BCUT2D eigenvalue weighted by molar-refractivity contribution is 6.14. The molecule has 138 valence electrons. The van der Waals surface area contributed by atoms with Gasteiger partial charge in [0.05, 0.1) is 10.5 Å². The van der Waals surface area contributed by atoms with E-state index in [1.54, 1.807) is 36.4 Å². The number of ketones is 1. The summed E-state index contributed by atoms with van der Waals surface area (Å²) in [7, 11) is 0. The molecule has 0 spiro atoms. The van der Waals surface area contributed by atoms with Crippen molar-refractivity contribution in [2.75, 3.05) is 0 Å². The molecule has 28 heavy (non-hydrogen) atoms. The van der Waals surface area contributed by atoms with Crippen LogP contribution >= 0.6 is 0 Å². The zero-order chi connectivity index (χ0) is 20.1. The summed E-state index contributed by atoms with van der Waals surface area (Å²) < 4.78 is 0. The average Bonchev–Trinajstić information content (AvgIpc) is 2.72. The van der Waals surface area contributed by atoms with Gasteiger partial charge >= 0.3 is 5.97 Å². The molecule has 1 N–H and O–H groups in total. The van der Waals surface area contributed by atoms with Crippen molar-refractivity contribution in [3.8, 4) is 0 Å². The molecule has 0 saturated heterocycles. The Bertz CT molecular complexity index is 1070. The predicted octanol–water partition coefficient (Wildman–Crippen LogP) is 4.69. The first-order valence-corrected chi connectivity index (χ1v) is 8.36. The number of nitro groups is 1. The summed E-state index contributed by atoms with van der Waals surface area (Å²) in [5.74, 6) is -1.85. The second-order valence-corrected chi connectivity index (χ2v) is 5.96. The summed E-state index contributed by atoms with van der Waals surface area (Å²) in [6.45, 7) is 0. The van der Waals surface area contributed by atoms with Crippen LogP contribution in [0.25, 0.3) is 12.2 Å². The van der Waals surface area contributed by atoms with Crippen LogP contribution in [0.5, 0.6) is 0 Å². The van der Waals surface area contributed by atoms with E-state index in [1.807, 2.05) is 30.3 Å². The zero-order valence-electron chi connectivity index (χ0n) is 14.6. The van der Waals surface area contributed by atoms with E-state index < -0.39 is 22.4 Å². The molecular weight excluding hydrogens is 358 g/mol. The molecule has 0 aliphatic rings. The molecule has 6 heteroatoms. The molecule has 0 unspecified atom stereocenters. The van der Waals surface area contributed by atoms with Crippen molar-refractivity contribution in [2.45, 2.75) is 0 Å². The second kappa shape index (κ2) is 8.09. The standard InChI is InChI=1S/C22H15NO5/c24-21(16-9-5-2-6-10-16)20-17(12-11-15-7-3-1-4-8-15)13-18(22(25)26)14-19(20)23(27)28/h1-14H,(H,25,26)/b12-11+. The van der Waals surface area contributed by atoms with Crippen LogP contribution < -0.4 is 0 Å².